The van der Waals surface area contributed by atoms with Gasteiger partial charge in [-0.25, -0.2) is 9.78 Å². The van der Waals surface area contributed by atoms with Gasteiger partial charge in [0.15, 0.2) is 0 Å². The molecule has 0 aliphatic rings. The second-order valence-corrected chi connectivity index (χ2v) is 6.19. The summed E-state index contributed by atoms with van der Waals surface area (Å²) in [4.78, 5) is 26.7. The summed E-state index contributed by atoms with van der Waals surface area (Å²) >= 11 is 3.19. The second kappa shape index (κ2) is 8.61. The van der Waals surface area contributed by atoms with Crippen LogP contribution in [0.4, 0.5) is 0 Å². The zero-order valence-corrected chi connectivity index (χ0v) is 12.7. The topological polar surface area (TPSA) is 79.3 Å². The number of amides is 1. The number of carbonyl (C=O) groups is 2. The van der Waals surface area contributed by atoms with Crippen LogP contribution in [0.1, 0.15) is 23.5 Å². The Labute approximate surface area is 126 Å². The lowest BCUT2D eigenvalue weighted by Crippen LogP contribution is -2.40. The van der Waals surface area contributed by atoms with Gasteiger partial charge in [0, 0.05) is 29.7 Å². The summed E-state index contributed by atoms with van der Waals surface area (Å²) in [5.74, 6) is 2.20. The molecule has 0 aliphatic carbocycles. The number of aliphatic carboxylic acids is 1. The lowest BCUT2D eigenvalue weighted by atomic mass is 10.2. The van der Waals surface area contributed by atoms with Crippen molar-refractivity contribution in [1.82, 2.24) is 10.3 Å². The highest BCUT2D eigenvalue weighted by Crippen LogP contribution is 2.15. The van der Waals surface area contributed by atoms with Gasteiger partial charge in [-0.2, -0.15) is 11.8 Å². The van der Waals surface area contributed by atoms with Gasteiger partial charge in [0.25, 0.3) is 0 Å². The summed E-state index contributed by atoms with van der Waals surface area (Å²) in [6.45, 7) is 1.95. The summed E-state index contributed by atoms with van der Waals surface area (Å²) in [5.41, 5.74) is 1.01. The van der Waals surface area contributed by atoms with Crippen molar-refractivity contribution in [2.45, 2.75) is 31.6 Å². The van der Waals surface area contributed by atoms with Crippen LogP contribution in [-0.2, 0) is 15.3 Å². The average molecular weight is 312 g/mol. The number of carboxylic acids is 1. The van der Waals surface area contributed by atoms with E-state index in [1.165, 1.54) is 0 Å². The maximum atomic E-state index is 11.6. The van der Waals surface area contributed by atoms with E-state index in [9.17, 15) is 9.59 Å². The van der Waals surface area contributed by atoms with Crippen LogP contribution in [0, 0.1) is 19.3 Å². The molecule has 0 fully saturated rings. The molecule has 2 N–H and O–H groups in total. The Bertz CT molecular complexity index is 508. The van der Waals surface area contributed by atoms with Crippen molar-refractivity contribution in [1.29, 1.82) is 0 Å². The van der Waals surface area contributed by atoms with Crippen LogP contribution in [0.25, 0.3) is 0 Å². The number of rotatable bonds is 8. The third-order valence-corrected chi connectivity index (χ3v) is 4.16. The fourth-order valence-corrected chi connectivity index (χ4v) is 2.95. The Morgan fingerprint density at radius 1 is 1.65 bits per heavy atom. The minimum atomic E-state index is -1.11. The molecule has 1 aromatic heterocycles. The molecule has 1 aromatic rings. The molecule has 0 aliphatic heterocycles. The molecule has 0 saturated heterocycles. The van der Waals surface area contributed by atoms with Crippen LogP contribution in [0.5, 0.6) is 0 Å². The van der Waals surface area contributed by atoms with Gasteiger partial charge in [-0.1, -0.05) is 0 Å². The van der Waals surface area contributed by atoms with Gasteiger partial charge in [0.2, 0.25) is 5.91 Å². The minimum Gasteiger partial charge on any atom is -0.480 e. The van der Waals surface area contributed by atoms with Crippen molar-refractivity contribution in [3.05, 3.63) is 16.1 Å². The molecule has 1 atom stereocenters. The first kappa shape index (κ1) is 16.5. The summed E-state index contributed by atoms with van der Waals surface area (Å²) in [5, 5.41) is 14.3. The van der Waals surface area contributed by atoms with Crippen molar-refractivity contribution < 1.29 is 14.7 Å². The number of aromatic nitrogens is 1. The standard InChI is InChI=1S/C13H16N2O3S2/c1-3-4-11(13(17)18)15-12(16)5-6-19-7-10-8-20-9(2)14-10/h1,8,11H,4-7H2,2H3,(H,15,16)(H,17,18). The van der Waals surface area contributed by atoms with Crippen LogP contribution < -0.4 is 5.32 Å². The van der Waals surface area contributed by atoms with Crippen LogP contribution in [0.15, 0.2) is 5.38 Å². The van der Waals surface area contributed by atoms with Crippen LogP contribution in [-0.4, -0.2) is 33.8 Å². The van der Waals surface area contributed by atoms with Crippen LogP contribution >= 0.6 is 23.1 Å². The Balaban J connectivity index is 2.22. The molecule has 108 valence electrons. The van der Waals surface area contributed by atoms with Crippen molar-refractivity contribution in [3.63, 3.8) is 0 Å². The number of thiazole rings is 1. The first-order valence-corrected chi connectivity index (χ1v) is 8.00. The van der Waals surface area contributed by atoms with E-state index in [0.717, 1.165) is 16.5 Å². The molecule has 7 heteroatoms. The van der Waals surface area contributed by atoms with Gasteiger partial charge in [0.05, 0.1) is 10.7 Å². The predicted molar refractivity (Wildman–Crippen MR) is 80.6 cm³/mol. The molecule has 20 heavy (non-hydrogen) atoms. The van der Waals surface area contributed by atoms with Crippen molar-refractivity contribution >= 4 is 35.0 Å². The number of carboxylic acid groups (broad SMARTS) is 1. The maximum absolute atomic E-state index is 11.6. The predicted octanol–water partition coefficient (Wildman–Crippen LogP) is 1.67. The highest BCUT2D eigenvalue weighted by Gasteiger charge is 2.18. The third kappa shape index (κ3) is 6.08. The number of carbonyl (C=O) groups excluding carboxylic acids is 1. The lowest BCUT2D eigenvalue weighted by Gasteiger charge is -2.11. The van der Waals surface area contributed by atoms with Gasteiger partial charge in [-0.15, -0.1) is 23.7 Å². The molecular weight excluding hydrogens is 296 g/mol. The van der Waals surface area contributed by atoms with Crippen LogP contribution in [0.3, 0.4) is 0 Å². The number of hydrogen-bond donors (Lipinski definition) is 2. The zero-order valence-electron chi connectivity index (χ0n) is 11.1. The van der Waals surface area contributed by atoms with Gasteiger partial charge in [-0.05, 0) is 6.92 Å². The summed E-state index contributed by atoms with van der Waals surface area (Å²) in [7, 11) is 0. The normalized spacial score (nSPS) is 11.6. The number of hydrogen-bond acceptors (Lipinski definition) is 5. The minimum absolute atomic E-state index is 0.00762. The van der Waals surface area contributed by atoms with E-state index >= 15 is 0 Å². The first-order chi connectivity index (χ1) is 9.52. The second-order valence-electron chi connectivity index (χ2n) is 4.03. The van der Waals surface area contributed by atoms with Gasteiger partial charge in [-0.3, -0.25) is 4.79 Å². The molecule has 0 bridgehead atoms. The van der Waals surface area contributed by atoms with Crippen LogP contribution in [0.2, 0.25) is 0 Å². The smallest absolute Gasteiger partial charge is 0.327 e. The highest BCUT2D eigenvalue weighted by atomic mass is 32.2. The maximum Gasteiger partial charge on any atom is 0.327 e. The van der Waals surface area contributed by atoms with Gasteiger partial charge < -0.3 is 10.4 Å². The quantitative estimate of drug-likeness (QED) is 0.564. The van der Waals surface area contributed by atoms with Crippen molar-refractivity contribution in [2.24, 2.45) is 0 Å². The highest BCUT2D eigenvalue weighted by molar-refractivity contribution is 7.98. The van der Waals surface area contributed by atoms with E-state index in [2.05, 4.69) is 16.2 Å². The first-order valence-electron chi connectivity index (χ1n) is 5.97. The molecule has 1 heterocycles. The van der Waals surface area contributed by atoms with E-state index in [-0.39, 0.29) is 18.7 Å². The van der Waals surface area contributed by atoms with Crippen molar-refractivity contribution in [2.75, 3.05) is 5.75 Å². The fraction of sp³-hybridized carbons (Fsp3) is 0.462. The largest absolute Gasteiger partial charge is 0.480 e. The Kier molecular flexibility index (Phi) is 7.12. The molecule has 1 unspecified atom stereocenters. The van der Waals surface area contributed by atoms with E-state index in [4.69, 9.17) is 11.5 Å². The molecular formula is C13H16N2O3S2. The Morgan fingerprint density at radius 3 is 2.95 bits per heavy atom. The van der Waals surface area contributed by atoms with Gasteiger partial charge >= 0.3 is 5.97 Å². The summed E-state index contributed by atoms with van der Waals surface area (Å²) in [6.07, 6.45) is 5.31. The summed E-state index contributed by atoms with van der Waals surface area (Å²) in [6, 6.07) is -1.00. The third-order valence-electron chi connectivity index (χ3n) is 2.35. The van der Waals surface area contributed by atoms with E-state index in [1.807, 2.05) is 12.3 Å². The van der Waals surface area contributed by atoms with E-state index in [1.54, 1.807) is 23.1 Å². The molecule has 1 amide bonds. The molecule has 5 nitrogen and oxygen atoms in total. The van der Waals surface area contributed by atoms with E-state index in [0.29, 0.717) is 5.75 Å². The molecule has 0 radical (unpaired) electrons. The lowest BCUT2D eigenvalue weighted by molar-refractivity contribution is -0.141. The van der Waals surface area contributed by atoms with Gasteiger partial charge in [0.1, 0.15) is 6.04 Å². The monoisotopic (exact) mass is 312 g/mol. The molecule has 0 aromatic carbocycles. The number of terminal acetylenes is 1. The SMILES string of the molecule is C#CCC(NC(=O)CCSCc1csc(C)n1)C(=O)O. The fourth-order valence-electron chi connectivity index (χ4n) is 1.40. The average Bonchev–Trinajstić information content (AvgIpc) is 2.80. The number of nitrogens with zero attached hydrogens (tertiary/aromatic N) is 1. The Hall–Kier alpha value is -1.52. The number of thioether (sulfide) groups is 1. The molecule has 1 rings (SSSR count). The molecule has 0 saturated carbocycles. The zero-order chi connectivity index (χ0) is 15.0. The molecule has 0 spiro atoms. The number of nitrogens with one attached hydrogen (secondary N) is 1. The summed E-state index contributed by atoms with van der Waals surface area (Å²) < 4.78 is 0. The Morgan fingerprint density at radius 2 is 2.40 bits per heavy atom. The number of aryl methyl sites for hydroxylation is 1. The van der Waals surface area contributed by atoms with Crippen molar-refractivity contribution in [3.8, 4) is 12.3 Å². The van der Waals surface area contributed by atoms with E-state index < -0.39 is 12.0 Å².